The maximum atomic E-state index is 12.0. The Morgan fingerprint density at radius 1 is 1.04 bits per heavy atom. The molecule has 0 aliphatic carbocycles. The van der Waals surface area contributed by atoms with Crippen molar-refractivity contribution >= 4 is 23.8 Å². The molecule has 4 nitrogen and oxygen atoms in total. The average Bonchev–Trinajstić information content (AvgIpc) is 2.96. The van der Waals surface area contributed by atoms with Crippen LogP contribution in [-0.2, 0) is 14.3 Å². The van der Waals surface area contributed by atoms with Gasteiger partial charge in [0, 0.05) is 5.56 Å². The van der Waals surface area contributed by atoms with Gasteiger partial charge in [0.2, 0.25) is 0 Å². The topological polar surface area (TPSA) is 52.6 Å². The van der Waals surface area contributed by atoms with Gasteiger partial charge in [0.1, 0.15) is 5.76 Å². The molecule has 0 unspecified atom stereocenters. The van der Waals surface area contributed by atoms with Gasteiger partial charge in [-0.3, -0.25) is 0 Å². The van der Waals surface area contributed by atoms with E-state index in [4.69, 9.17) is 4.74 Å². The SMILES string of the molecule is COC(=O)c1ccc(C=C2C=C(c3ccc(C)cc3)OC2=O)cc1. The summed E-state index contributed by atoms with van der Waals surface area (Å²) in [6, 6.07) is 14.6. The molecule has 1 aliphatic rings. The number of carbonyl (C=O) groups is 2. The van der Waals surface area contributed by atoms with Crippen LogP contribution in [0.25, 0.3) is 11.8 Å². The van der Waals surface area contributed by atoms with Crippen molar-refractivity contribution in [1.82, 2.24) is 0 Å². The highest BCUT2D eigenvalue weighted by Gasteiger charge is 2.21. The predicted molar refractivity (Wildman–Crippen MR) is 91.0 cm³/mol. The van der Waals surface area contributed by atoms with Gasteiger partial charge in [0.05, 0.1) is 18.2 Å². The first-order valence-corrected chi connectivity index (χ1v) is 7.48. The van der Waals surface area contributed by atoms with Crippen molar-refractivity contribution in [1.29, 1.82) is 0 Å². The van der Waals surface area contributed by atoms with Crippen LogP contribution in [0.15, 0.2) is 60.2 Å². The number of hydrogen-bond donors (Lipinski definition) is 0. The molecule has 0 bridgehead atoms. The van der Waals surface area contributed by atoms with Crippen LogP contribution in [-0.4, -0.2) is 19.0 Å². The van der Waals surface area contributed by atoms with Gasteiger partial charge in [0.25, 0.3) is 0 Å². The van der Waals surface area contributed by atoms with Gasteiger partial charge in [-0.05, 0) is 36.8 Å². The standard InChI is InChI=1S/C20H16O4/c1-13-3-7-15(8-4-13)18-12-17(20(22)24-18)11-14-5-9-16(10-6-14)19(21)23-2/h3-12H,1-2H3. The van der Waals surface area contributed by atoms with E-state index in [1.165, 1.54) is 7.11 Å². The maximum Gasteiger partial charge on any atom is 0.343 e. The van der Waals surface area contributed by atoms with E-state index in [1.54, 1.807) is 36.4 Å². The Kier molecular flexibility index (Phi) is 4.29. The van der Waals surface area contributed by atoms with Crippen LogP contribution in [0.3, 0.4) is 0 Å². The predicted octanol–water partition coefficient (Wildman–Crippen LogP) is 3.76. The van der Waals surface area contributed by atoms with Crippen LogP contribution >= 0.6 is 0 Å². The van der Waals surface area contributed by atoms with E-state index in [1.807, 2.05) is 31.2 Å². The van der Waals surface area contributed by atoms with E-state index in [9.17, 15) is 9.59 Å². The second kappa shape index (κ2) is 6.54. The molecule has 0 spiro atoms. The van der Waals surface area contributed by atoms with Gasteiger partial charge in [-0.15, -0.1) is 0 Å². The molecule has 0 amide bonds. The summed E-state index contributed by atoms with van der Waals surface area (Å²) >= 11 is 0. The molecule has 24 heavy (non-hydrogen) atoms. The molecule has 0 aromatic heterocycles. The van der Waals surface area contributed by atoms with Gasteiger partial charge in [-0.1, -0.05) is 42.0 Å². The normalized spacial score (nSPS) is 15.2. The lowest BCUT2D eigenvalue weighted by atomic mass is 10.1. The number of benzene rings is 2. The number of hydrogen-bond acceptors (Lipinski definition) is 4. The highest BCUT2D eigenvalue weighted by atomic mass is 16.5. The summed E-state index contributed by atoms with van der Waals surface area (Å²) < 4.78 is 9.99. The molecule has 0 radical (unpaired) electrons. The number of methoxy groups -OCH3 is 1. The van der Waals surface area contributed by atoms with Crippen molar-refractivity contribution in [3.05, 3.63) is 82.4 Å². The first kappa shape index (κ1) is 15.7. The van der Waals surface area contributed by atoms with Crippen molar-refractivity contribution in [2.75, 3.05) is 7.11 Å². The van der Waals surface area contributed by atoms with Crippen molar-refractivity contribution in [3.8, 4) is 0 Å². The van der Waals surface area contributed by atoms with Crippen LogP contribution in [0.1, 0.15) is 27.0 Å². The fourth-order valence-electron chi connectivity index (χ4n) is 2.36. The summed E-state index contributed by atoms with van der Waals surface area (Å²) in [6.07, 6.45) is 3.45. The molecular formula is C20H16O4. The van der Waals surface area contributed by atoms with Crippen LogP contribution in [0.4, 0.5) is 0 Å². The molecule has 0 saturated heterocycles. The van der Waals surface area contributed by atoms with E-state index in [0.717, 1.165) is 16.7 Å². The Labute approximate surface area is 140 Å². The molecule has 2 aromatic rings. The highest BCUT2D eigenvalue weighted by molar-refractivity contribution is 6.05. The van der Waals surface area contributed by atoms with E-state index in [0.29, 0.717) is 16.9 Å². The maximum absolute atomic E-state index is 12.0. The average molecular weight is 320 g/mol. The van der Waals surface area contributed by atoms with E-state index < -0.39 is 5.97 Å². The van der Waals surface area contributed by atoms with E-state index >= 15 is 0 Å². The highest BCUT2D eigenvalue weighted by Crippen LogP contribution is 2.27. The molecule has 0 fully saturated rings. The fraction of sp³-hybridized carbons (Fsp3) is 0.100. The Bertz CT molecular complexity index is 840. The number of rotatable bonds is 3. The molecular weight excluding hydrogens is 304 g/mol. The van der Waals surface area contributed by atoms with Crippen molar-refractivity contribution in [2.45, 2.75) is 6.92 Å². The quantitative estimate of drug-likeness (QED) is 0.638. The number of aryl methyl sites for hydroxylation is 1. The summed E-state index contributed by atoms with van der Waals surface area (Å²) in [7, 11) is 1.34. The molecule has 0 N–H and O–H groups in total. The Morgan fingerprint density at radius 2 is 1.71 bits per heavy atom. The summed E-state index contributed by atoms with van der Waals surface area (Å²) in [5.74, 6) is -0.240. The summed E-state index contributed by atoms with van der Waals surface area (Å²) in [5, 5.41) is 0. The zero-order valence-corrected chi connectivity index (χ0v) is 13.4. The fourth-order valence-corrected chi connectivity index (χ4v) is 2.36. The van der Waals surface area contributed by atoms with Crippen molar-refractivity contribution < 1.29 is 19.1 Å². The lowest BCUT2D eigenvalue weighted by Crippen LogP contribution is -2.00. The van der Waals surface area contributed by atoms with E-state index in [-0.39, 0.29) is 5.97 Å². The minimum atomic E-state index is -0.393. The number of carbonyl (C=O) groups excluding carboxylic acids is 2. The molecule has 0 saturated carbocycles. The zero-order chi connectivity index (χ0) is 17.1. The second-order valence-corrected chi connectivity index (χ2v) is 5.48. The molecule has 3 rings (SSSR count). The lowest BCUT2D eigenvalue weighted by molar-refractivity contribution is -0.130. The van der Waals surface area contributed by atoms with Crippen LogP contribution < -0.4 is 0 Å². The van der Waals surface area contributed by atoms with Crippen LogP contribution in [0, 0.1) is 6.92 Å². The molecule has 1 heterocycles. The van der Waals surface area contributed by atoms with Gasteiger partial charge >= 0.3 is 11.9 Å². The minimum Gasteiger partial charge on any atom is -0.465 e. The van der Waals surface area contributed by atoms with E-state index in [2.05, 4.69) is 4.74 Å². The number of ether oxygens (including phenoxy) is 2. The Hall–Kier alpha value is -3.14. The second-order valence-electron chi connectivity index (χ2n) is 5.48. The summed E-state index contributed by atoms with van der Waals surface area (Å²) in [4.78, 5) is 23.5. The van der Waals surface area contributed by atoms with Crippen LogP contribution in [0.5, 0.6) is 0 Å². The Balaban J connectivity index is 1.85. The van der Waals surface area contributed by atoms with Gasteiger partial charge in [-0.2, -0.15) is 0 Å². The minimum absolute atomic E-state index is 0.386. The number of esters is 2. The van der Waals surface area contributed by atoms with Gasteiger partial charge in [0.15, 0.2) is 0 Å². The van der Waals surface area contributed by atoms with Gasteiger partial charge < -0.3 is 9.47 Å². The van der Waals surface area contributed by atoms with Crippen molar-refractivity contribution in [3.63, 3.8) is 0 Å². The largest absolute Gasteiger partial charge is 0.465 e. The Morgan fingerprint density at radius 3 is 2.33 bits per heavy atom. The number of cyclic esters (lactones) is 1. The molecule has 1 aliphatic heterocycles. The summed E-state index contributed by atoms with van der Waals surface area (Å²) in [5.41, 5.74) is 3.74. The van der Waals surface area contributed by atoms with Gasteiger partial charge in [-0.25, -0.2) is 9.59 Å². The third-order valence-electron chi connectivity index (χ3n) is 3.71. The molecule has 4 heteroatoms. The van der Waals surface area contributed by atoms with Crippen molar-refractivity contribution in [2.24, 2.45) is 0 Å². The molecule has 0 atom stereocenters. The lowest BCUT2D eigenvalue weighted by Gasteiger charge is -2.01. The molecule has 2 aromatic carbocycles. The first-order valence-electron chi connectivity index (χ1n) is 7.48. The molecule has 120 valence electrons. The third kappa shape index (κ3) is 3.27. The summed E-state index contributed by atoms with van der Waals surface area (Å²) in [6.45, 7) is 2.00. The monoisotopic (exact) mass is 320 g/mol. The third-order valence-corrected chi connectivity index (χ3v) is 3.71. The smallest absolute Gasteiger partial charge is 0.343 e. The first-order chi connectivity index (χ1) is 11.6. The van der Waals surface area contributed by atoms with Crippen LogP contribution in [0.2, 0.25) is 0 Å². The zero-order valence-electron chi connectivity index (χ0n) is 13.4.